The third-order valence-electron chi connectivity index (χ3n) is 3.65. The standard InChI is InChI=1S/C14H20ClN3O4S/c1-22-10-13(16)14(19)17-5-7-18(8-6-17)23(20,21)12-4-2-3-11(15)9-12/h2-4,9,13H,5-8,10,16H2,1H3. The second kappa shape index (κ2) is 7.59. The Bertz CT molecular complexity index is 660. The minimum absolute atomic E-state index is 0.139. The Morgan fingerprint density at radius 1 is 1.35 bits per heavy atom. The molecule has 0 radical (unpaired) electrons. The first-order valence-corrected chi connectivity index (χ1v) is 8.97. The molecule has 23 heavy (non-hydrogen) atoms. The van der Waals surface area contributed by atoms with Gasteiger partial charge in [0.15, 0.2) is 0 Å². The van der Waals surface area contributed by atoms with E-state index in [9.17, 15) is 13.2 Å². The number of hydrogen-bond acceptors (Lipinski definition) is 5. The Balaban J connectivity index is 2.02. The van der Waals surface area contributed by atoms with E-state index in [1.807, 2.05) is 0 Å². The highest BCUT2D eigenvalue weighted by Gasteiger charge is 2.31. The maximum atomic E-state index is 12.6. The lowest BCUT2D eigenvalue weighted by atomic mass is 10.2. The molecule has 1 aliphatic rings. The summed E-state index contributed by atoms with van der Waals surface area (Å²) in [6.45, 7) is 1.19. The quantitative estimate of drug-likeness (QED) is 0.805. The normalized spacial score (nSPS) is 18.0. The van der Waals surface area contributed by atoms with Crippen molar-refractivity contribution in [2.45, 2.75) is 10.9 Å². The average Bonchev–Trinajstić information content (AvgIpc) is 2.54. The first kappa shape index (κ1) is 18.2. The summed E-state index contributed by atoms with van der Waals surface area (Å²) in [7, 11) is -2.13. The number of sulfonamides is 1. The SMILES string of the molecule is COCC(N)C(=O)N1CCN(S(=O)(=O)c2cccc(Cl)c2)CC1. The number of piperazine rings is 1. The van der Waals surface area contributed by atoms with Crippen LogP contribution in [0.2, 0.25) is 5.02 Å². The lowest BCUT2D eigenvalue weighted by Gasteiger charge is -2.35. The molecule has 0 bridgehead atoms. The summed E-state index contributed by atoms with van der Waals surface area (Å²) in [6, 6.07) is 5.42. The number of hydrogen-bond donors (Lipinski definition) is 1. The molecule has 9 heteroatoms. The van der Waals surface area contributed by atoms with Gasteiger partial charge in [0.1, 0.15) is 6.04 Å². The molecular weight excluding hydrogens is 342 g/mol. The van der Waals surface area contributed by atoms with E-state index in [1.54, 1.807) is 17.0 Å². The molecule has 0 saturated carbocycles. The van der Waals surface area contributed by atoms with Crippen LogP contribution in [0.1, 0.15) is 0 Å². The van der Waals surface area contributed by atoms with Crippen molar-refractivity contribution >= 4 is 27.5 Å². The third kappa shape index (κ3) is 4.21. The van der Waals surface area contributed by atoms with Crippen LogP contribution in [0.15, 0.2) is 29.2 Å². The van der Waals surface area contributed by atoms with Crippen molar-refractivity contribution in [3.63, 3.8) is 0 Å². The van der Waals surface area contributed by atoms with E-state index in [1.165, 1.54) is 23.5 Å². The first-order valence-electron chi connectivity index (χ1n) is 7.15. The highest BCUT2D eigenvalue weighted by Crippen LogP contribution is 2.21. The molecule has 2 N–H and O–H groups in total. The molecule has 128 valence electrons. The van der Waals surface area contributed by atoms with Gasteiger partial charge in [-0.1, -0.05) is 17.7 Å². The van der Waals surface area contributed by atoms with E-state index in [2.05, 4.69) is 0 Å². The summed E-state index contributed by atoms with van der Waals surface area (Å²) in [5, 5.41) is 0.366. The molecule has 1 fully saturated rings. The van der Waals surface area contributed by atoms with Gasteiger partial charge in [0.05, 0.1) is 11.5 Å². The number of methoxy groups -OCH3 is 1. The van der Waals surface area contributed by atoms with E-state index in [0.29, 0.717) is 18.1 Å². The maximum Gasteiger partial charge on any atom is 0.243 e. The van der Waals surface area contributed by atoms with Crippen molar-refractivity contribution in [3.05, 3.63) is 29.3 Å². The third-order valence-corrected chi connectivity index (χ3v) is 5.78. The molecule has 0 aromatic heterocycles. The van der Waals surface area contributed by atoms with Gasteiger partial charge in [0.2, 0.25) is 15.9 Å². The zero-order valence-corrected chi connectivity index (χ0v) is 14.4. The molecule has 1 atom stereocenters. The fourth-order valence-electron chi connectivity index (χ4n) is 2.41. The van der Waals surface area contributed by atoms with Gasteiger partial charge in [-0.3, -0.25) is 4.79 Å². The van der Waals surface area contributed by atoms with Gasteiger partial charge in [-0.2, -0.15) is 4.31 Å². The van der Waals surface area contributed by atoms with Gasteiger partial charge >= 0.3 is 0 Å². The first-order chi connectivity index (χ1) is 10.9. The van der Waals surface area contributed by atoms with Crippen LogP contribution in [-0.4, -0.2) is 69.5 Å². The van der Waals surface area contributed by atoms with Crippen LogP contribution >= 0.6 is 11.6 Å². The van der Waals surface area contributed by atoms with E-state index in [0.717, 1.165) is 0 Å². The second-order valence-electron chi connectivity index (χ2n) is 5.25. The van der Waals surface area contributed by atoms with Crippen molar-refractivity contribution in [2.75, 3.05) is 39.9 Å². The number of rotatable bonds is 5. The summed E-state index contributed by atoms with van der Waals surface area (Å²) in [5.74, 6) is -0.230. The van der Waals surface area contributed by atoms with Crippen LogP contribution in [-0.2, 0) is 19.6 Å². The fourth-order valence-corrected chi connectivity index (χ4v) is 4.13. The van der Waals surface area contributed by atoms with Crippen LogP contribution < -0.4 is 5.73 Å². The minimum Gasteiger partial charge on any atom is -0.383 e. The molecule has 1 heterocycles. The van der Waals surface area contributed by atoms with Crippen molar-refractivity contribution in [2.24, 2.45) is 5.73 Å². The number of carbonyl (C=O) groups excluding carboxylic acids is 1. The van der Waals surface area contributed by atoms with Crippen LogP contribution in [0, 0.1) is 0 Å². The predicted molar refractivity (Wildman–Crippen MR) is 86.6 cm³/mol. The monoisotopic (exact) mass is 361 g/mol. The Hall–Kier alpha value is -1.19. The van der Waals surface area contributed by atoms with Crippen LogP contribution in [0.25, 0.3) is 0 Å². The summed E-state index contributed by atoms with van der Waals surface area (Å²) >= 11 is 5.86. The van der Waals surface area contributed by atoms with Crippen molar-refractivity contribution in [1.29, 1.82) is 0 Å². The summed E-state index contributed by atoms with van der Waals surface area (Å²) in [5.41, 5.74) is 5.72. The largest absolute Gasteiger partial charge is 0.383 e. The predicted octanol–water partition coefficient (Wildman–Crippen LogP) is 0.147. The molecule has 1 saturated heterocycles. The van der Waals surface area contributed by atoms with Crippen molar-refractivity contribution < 1.29 is 17.9 Å². The number of carbonyl (C=O) groups is 1. The number of nitrogens with two attached hydrogens (primary N) is 1. The second-order valence-corrected chi connectivity index (χ2v) is 7.62. The van der Waals surface area contributed by atoms with Crippen molar-refractivity contribution in [1.82, 2.24) is 9.21 Å². The molecular formula is C14H20ClN3O4S. The smallest absolute Gasteiger partial charge is 0.243 e. The zero-order valence-electron chi connectivity index (χ0n) is 12.8. The zero-order chi connectivity index (χ0) is 17.0. The van der Waals surface area contributed by atoms with Gasteiger partial charge in [0, 0.05) is 38.3 Å². The van der Waals surface area contributed by atoms with Gasteiger partial charge in [-0.25, -0.2) is 8.42 Å². The Morgan fingerprint density at radius 2 is 2.00 bits per heavy atom. The highest BCUT2D eigenvalue weighted by molar-refractivity contribution is 7.89. The number of benzene rings is 1. The Kier molecular flexibility index (Phi) is 5.99. The molecule has 1 aromatic carbocycles. The maximum absolute atomic E-state index is 12.6. The lowest BCUT2D eigenvalue weighted by Crippen LogP contribution is -2.55. The van der Waals surface area contributed by atoms with E-state index < -0.39 is 16.1 Å². The van der Waals surface area contributed by atoms with E-state index >= 15 is 0 Å². The van der Waals surface area contributed by atoms with Crippen LogP contribution in [0.5, 0.6) is 0 Å². The molecule has 0 spiro atoms. The average molecular weight is 362 g/mol. The topological polar surface area (TPSA) is 92.9 Å². The number of halogens is 1. The molecule has 0 aliphatic carbocycles. The van der Waals surface area contributed by atoms with Crippen LogP contribution in [0.3, 0.4) is 0 Å². The Morgan fingerprint density at radius 3 is 2.57 bits per heavy atom. The number of nitrogens with zero attached hydrogens (tertiary/aromatic N) is 2. The molecule has 1 aromatic rings. The molecule has 1 aliphatic heterocycles. The Labute approximate surface area is 141 Å². The highest BCUT2D eigenvalue weighted by atomic mass is 35.5. The summed E-state index contributed by atoms with van der Waals surface area (Å²) < 4.78 is 31.4. The summed E-state index contributed by atoms with van der Waals surface area (Å²) in [6.07, 6.45) is 0. The van der Waals surface area contributed by atoms with Gasteiger partial charge in [0.25, 0.3) is 0 Å². The molecule has 7 nitrogen and oxygen atoms in total. The molecule has 1 unspecified atom stereocenters. The lowest BCUT2D eigenvalue weighted by molar-refractivity contribution is -0.134. The molecule has 2 rings (SSSR count). The summed E-state index contributed by atoms with van der Waals surface area (Å²) in [4.78, 5) is 13.8. The van der Waals surface area contributed by atoms with Gasteiger partial charge in [-0.05, 0) is 18.2 Å². The van der Waals surface area contributed by atoms with Crippen molar-refractivity contribution in [3.8, 4) is 0 Å². The minimum atomic E-state index is -3.61. The van der Waals surface area contributed by atoms with Gasteiger partial charge in [-0.15, -0.1) is 0 Å². The van der Waals surface area contributed by atoms with Crippen LogP contribution in [0.4, 0.5) is 0 Å². The fraction of sp³-hybridized carbons (Fsp3) is 0.500. The van der Waals surface area contributed by atoms with E-state index in [4.69, 9.17) is 22.1 Å². The number of amides is 1. The van der Waals surface area contributed by atoms with E-state index in [-0.39, 0.29) is 30.5 Å². The molecule has 1 amide bonds. The van der Waals surface area contributed by atoms with Gasteiger partial charge < -0.3 is 15.4 Å². The number of ether oxygens (including phenoxy) is 1.